The number of carbonyl (C=O) groups is 1. The number of nitrogens with zero attached hydrogens (tertiary/aromatic N) is 7. The van der Waals surface area contributed by atoms with E-state index in [1.54, 1.807) is 0 Å². The molecule has 0 bridgehead atoms. The second-order valence-electron chi connectivity index (χ2n) is 13.8. The Morgan fingerprint density at radius 2 is 1.54 bits per heavy atom. The van der Waals surface area contributed by atoms with E-state index in [0.29, 0.717) is 78.2 Å². The molecule has 0 atom stereocenters. The van der Waals surface area contributed by atoms with Gasteiger partial charge in [-0.1, -0.05) is 18.2 Å². The van der Waals surface area contributed by atoms with Gasteiger partial charge in [-0.25, -0.2) is 19.6 Å². The molecule has 56 heavy (non-hydrogen) atoms. The van der Waals surface area contributed by atoms with E-state index in [1.807, 2.05) is 23.1 Å². The van der Waals surface area contributed by atoms with Gasteiger partial charge in [0.05, 0.1) is 78.0 Å². The van der Waals surface area contributed by atoms with Crippen molar-refractivity contribution in [1.29, 1.82) is 0 Å². The standard InChI is InChI=1S/C23H22N8.C17H34N2O6/c1-30-7-5-15-8-14(2-3-17(15)12-30)11-31-23-19(21(24)27-13-28-23)20(29-31)18-9-16-4-6-25-22(16)26-10-18;20-7-1-8-21-10-12-23-14-16-25-17-15-24-13-11-22-9-6-19-4-2-18-3-5-19/h2-4,6,8-10,13H,5,7,11-12H2,1H3,(H,25,26)(H2,24,27,28);7,18H,1-6,8-17H2. The quantitative estimate of drug-likeness (QED) is 0.0732. The Bertz CT molecular complexity index is 1930. The van der Waals surface area contributed by atoms with Crippen LogP contribution >= 0.6 is 0 Å². The lowest BCUT2D eigenvalue weighted by Gasteiger charge is -2.26. The Hall–Kier alpha value is -4.39. The van der Waals surface area contributed by atoms with Gasteiger partial charge in [-0.05, 0) is 42.3 Å². The summed E-state index contributed by atoms with van der Waals surface area (Å²) in [6, 6.07) is 10.8. The molecule has 16 nitrogen and oxygen atoms in total. The van der Waals surface area contributed by atoms with E-state index in [-0.39, 0.29) is 0 Å². The van der Waals surface area contributed by atoms with Crippen molar-refractivity contribution in [1.82, 2.24) is 44.8 Å². The van der Waals surface area contributed by atoms with Crippen LogP contribution in [0.2, 0.25) is 0 Å². The summed E-state index contributed by atoms with van der Waals surface area (Å²) < 4.78 is 28.8. The number of piperazine rings is 1. The van der Waals surface area contributed by atoms with Crippen molar-refractivity contribution in [2.45, 2.75) is 25.9 Å². The van der Waals surface area contributed by atoms with E-state index < -0.39 is 0 Å². The van der Waals surface area contributed by atoms with E-state index in [1.165, 1.54) is 23.0 Å². The predicted molar refractivity (Wildman–Crippen MR) is 214 cm³/mol. The Labute approximate surface area is 328 Å². The molecule has 2 aliphatic rings. The molecule has 1 fully saturated rings. The predicted octanol–water partition coefficient (Wildman–Crippen LogP) is 2.55. The van der Waals surface area contributed by atoms with Crippen molar-refractivity contribution in [3.05, 3.63) is 65.7 Å². The normalized spacial score (nSPS) is 14.9. The molecule has 302 valence electrons. The summed E-state index contributed by atoms with van der Waals surface area (Å²) in [5.41, 5.74) is 13.5. The molecule has 5 aromatic rings. The van der Waals surface area contributed by atoms with Crippen LogP contribution in [-0.4, -0.2) is 158 Å². The van der Waals surface area contributed by atoms with Crippen LogP contribution in [0.15, 0.2) is 49.1 Å². The highest BCUT2D eigenvalue weighted by molar-refractivity contribution is 5.99. The van der Waals surface area contributed by atoms with Crippen molar-refractivity contribution in [3.63, 3.8) is 0 Å². The van der Waals surface area contributed by atoms with Gasteiger partial charge in [-0.2, -0.15) is 5.10 Å². The number of aromatic amines is 1. The van der Waals surface area contributed by atoms with E-state index in [2.05, 4.69) is 66.4 Å². The summed E-state index contributed by atoms with van der Waals surface area (Å²) in [6.45, 7) is 13.7. The van der Waals surface area contributed by atoms with Crippen LogP contribution < -0.4 is 11.1 Å². The maximum absolute atomic E-state index is 10.1. The largest absolute Gasteiger partial charge is 0.383 e. The zero-order valence-corrected chi connectivity index (χ0v) is 32.5. The van der Waals surface area contributed by atoms with Gasteiger partial charge >= 0.3 is 0 Å². The average molecular weight is 773 g/mol. The highest BCUT2D eigenvalue weighted by Crippen LogP contribution is 2.31. The fourth-order valence-corrected chi connectivity index (χ4v) is 6.67. The molecule has 0 unspecified atom stereocenters. The van der Waals surface area contributed by atoms with Gasteiger partial charge in [-0.15, -0.1) is 0 Å². The number of fused-ring (bicyclic) bond motifs is 3. The molecule has 0 saturated carbocycles. The summed E-state index contributed by atoms with van der Waals surface area (Å²) in [5.74, 6) is 0.425. The van der Waals surface area contributed by atoms with Gasteiger partial charge in [0, 0.05) is 75.6 Å². The molecule has 6 heterocycles. The van der Waals surface area contributed by atoms with Crippen molar-refractivity contribution in [2.75, 3.05) is 118 Å². The van der Waals surface area contributed by atoms with Gasteiger partial charge in [0.1, 0.15) is 29.8 Å². The van der Waals surface area contributed by atoms with Crippen molar-refractivity contribution in [2.24, 2.45) is 0 Å². The molecule has 0 amide bonds. The first kappa shape index (κ1) is 41.2. The Morgan fingerprint density at radius 3 is 2.27 bits per heavy atom. The van der Waals surface area contributed by atoms with Gasteiger partial charge in [0.15, 0.2) is 5.65 Å². The topological polar surface area (TPSA) is 180 Å². The van der Waals surface area contributed by atoms with Crippen LogP contribution in [0.4, 0.5) is 5.82 Å². The summed E-state index contributed by atoms with van der Waals surface area (Å²) in [6.07, 6.45) is 7.54. The number of nitrogen functional groups attached to an aromatic ring is 1. The number of nitrogens with two attached hydrogens (primary N) is 1. The summed E-state index contributed by atoms with van der Waals surface area (Å²) in [5, 5.41) is 10.0. The third kappa shape index (κ3) is 12.3. The summed E-state index contributed by atoms with van der Waals surface area (Å²) >= 11 is 0. The minimum atomic E-state index is 0.425. The second-order valence-corrected chi connectivity index (χ2v) is 13.8. The zero-order valence-electron chi connectivity index (χ0n) is 32.5. The number of carbonyl (C=O) groups excluding carboxylic acids is 1. The highest BCUT2D eigenvalue weighted by atomic mass is 16.6. The molecule has 1 aromatic carbocycles. The first-order chi connectivity index (χ1) is 27.6. The Morgan fingerprint density at radius 1 is 0.821 bits per heavy atom. The first-order valence-electron chi connectivity index (χ1n) is 19.5. The fraction of sp³-hybridized carbons (Fsp3) is 0.525. The Kier molecular flexibility index (Phi) is 16.5. The van der Waals surface area contributed by atoms with Crippen LogP contribution in [0.25, 0.3) is 33.3 Å². The van der Waals surface area contributed by atoms with Crippen molar-refractivity contribution in [3.8, 4) is 11.3 Å². The first-order valence-corrected chi connectivity index (χ1v) is 19.5. The second kappa shape index (κ2) is 22.4. The maximum Gasteiger partial charge on any atom is 0.164 e. The molecule has 4 N–H and O–H groups in total. The summed E-state index contributed by atoms with van der Waals surface area (Å²) in [4.78, 5) is 31.2. The maximum atomic E-state index is 10.1. The number of aldehydes is 1. The average Bonchev–Trinajstić information content (AvgIpc) is 3.85. The third-order valence-corrected chi connectivity index (χ3v) is 9.67. The molecule has 4 aromatic heterocycles. The molecule has 2 aliphatic heterocycles. The molecule has 0 aliphatic carbocycles. The highest BCUT2D eigenvalue weighted by Gasteiger charge is 2.19. The molecule has 0 radical (unpaired) electrons. The Balaban J connectivity index is 0.000000196. The minimum Gasteiger partial charge on any atom is -0.383 e. The van der Waals surface area contributed by atoms with Crippen LogP contribution in [0.1, 0.15) is 23.1 Å². The number of nitrogens with one attached hydrogen (secondary N) is 2. The zero-order chi connectivity index (χ0) is 38.8. The minimum absolute atomic E-state index is 0.425. The van der Waals surface area contributed by atoms with Crippen LogP contribution in [0, 0.1) is 0 Å². The number of ether oxygens (including phenoxy) is 5. The van der Waals surface area contributed by atoms with E-state index in [9.17, 15) is 4.79 Å². The molecular weight excluding hydrogens is 717 g/mol. The molecule has 1 saturated heterocycles. The third-order valence-electron chi connectivity index (χ3n) is 9.67. The van der Waals surface area contributed by atoms with E-state index in [0.717, 1.165) is 98.5 Å². The molecule has 16 heteroatoms. The lowest BCUT2D eigenvalue weighted by Crippen LogP contribution is -2.44. The molecule has 0 spiro atoms. The van der Waals surface area contributed by atoms with Crippen molar-refractivity contribution < 1.29 is 28.5 Å². The molecular formula is C40H56N10O6. The lowest BCUT2D eigenvalue weighted by molar-refractivity contribution is -0.109. The number of H-pyrrole nitrogens is 1. The van der Waals surface area contributed by atoms with Gasteiger partial charge in [-0.3, -0.25) is 4.90 Å². The van der Waals surface area contributed by atoms with Gasteiger partial charge in [0.25, 0.3) is 0 Å². The monoisotopic (exact) mass is 772 g/mol. The fourth-order valence-electron chi connectivity index (χ4n) is 6.67. The van der Waals surface area contributed by atoms with Crippen molar-refractivity contribution >= 4 is 34.2 Å². The summed E-state index contributed by atoms with van der Waals surface area (Å²) in [7, 11) is 2.16. The molecule has 7 rings (SSSR count). The van der Waals surface area contributed by atoms with E-state index >= 15 is 0 Å². The van der Waals surface area contributed by atoms with Gasteiger partial charge < -0.3 is 49.4 Å². The number of likely N-dealkylation sites (N-methyl/N-ethyl adjacent to an activating group) is 1. The van der Waals surface area contributed by atoms with Crippen LogP contribution in [0.5, 0.6) is 0 Å². The van der Waals surface area contributed by atoms with Crippen LogP contribution in [-0.2, 0) is 48.0 Å². The van der Waals surface area contributed by atoms with Crippen LogP contribution in [0.3, 0.4) is 0 Å². The number of rotatable bonds is 21. The van der Waals surface area contributed by atoms with Gasteiger partial charge in [0.2, 0.25) is 0 Å². The number of hydrogen-bond donors (Lipinski definition) is 3. The number of benzene rings is 1. The number of hydrogen-bond acceptors (Lipinski definition) is 14. The number of anilines is 1. The van der Waals surface area contributed by atoms with E-state index in [4.69, 9.17) is 34.5 Å². The smallest absolute Gasteiger partial charge is 0.164 e. The SMILES string of the molecule is CN1CCc2cc(Cn3nc(-c4cnc5[nH]ccc5c4)c4c(N)ncnc43)ccc2C1.O=CCCOCCOCCOCCOCCOCCN1CCNCC1. The number of aromatic nitrogens is 6. The number of pyridine rings is 1. The lowest BCUT2D eigenvalue weighted by atomic mass is 9.97.